The van der Waals surface area contributed by atoms with Gasteiger partial charge in [0.2, 0.25) is 0 Å². The van der Waals surface area contributed by atoms with Crippen LogP contribution in [0.3, 0.4) is 0 Å². The van der Waals surface area contributed by atoms with Crippen LogP contribution in [0, 0.1) is 6.92 Å². The van der Waals surface area contributed by atoms with Crippen LogP contribution < -0.4 is 0 Å². The summed E-state index contributed by atoms with van der Waals surface area (Å²) in [6.45, 7) is 1.23. The Hall–Kier alpha value is -5.46. The Balaban J connectivity index is 1.64. The van der Waals surface area contributed by atoms with Crippen LogP contribution in [-0.4, -0.2) is 0 Å². The number of hydrogen-bond donors (Lipinski definition) is 0. The molecule has 0 bridgehead atoms. The molecule has 0 aliphatic rings. The fourth-order valence-corrected chi connectivity index (χ4v) is 4.66. The highest BCUT2D eigenvalue weighted by Gasteiger charge is 2.12. The third-order valence-electron chi connectivity index (χ3n) is 6.56. The zero-order valence-corrected chi connectivity index (χ0v) is 22.0. The van der Waals surface area contributed by atoms with Gasteiger partial charge in [-0.2, -0.15) is 0 Å². The molecule has 0 fully saturated rings. The van der Waals surface area contributed by atoms with Crippen LogP contribution in [0.25, 0.3) is 76.8 Å². The van der Waals surface area contributed by atoms with Gasteiger partial charge >= 0.3 is 0 Å². The quantitative estimate of drug-likeness (QED) is 0.184. The van der Waals surface area contributed by atoms with E-state index in [0.29, 0.717) is 0 Å². The molecule has 0 aliphatic carbocycles. The lowest BCUT2D eigenvalue weighted by atomic mass is 9.90. The lowest BCUT2D eigenvalue weighted by Crippen LogP contribution is -1.88. The molecule has 0 spiro atoms. The van der Waals surface area contributed by atoms with Crippen molar-refractivity contribution in [2.24, 2.45) is 0 Å². The molecule has 0 N–H and O–H groups in total. The summed E-state index contributed by atoms with van der Waals surface area (Å²) in [5.41, 5.74) is -7.03. The van der Waals surface area contributed by atoms with Crippen molar-refractivity contribution in [3.63, 3.8) is 0 Å². The molecule has 0 nitrogen and oxygen atoms in total. The lowest BCUT2D eigenvalue weighted by molar-refractivity contribution is 1.46. The van der Waals surface area contributed by atoms with Gasteiger partial charge in [0.1, 0.15) is 0 Å². The first-order chi connectivity index (χ1) is 32.5. The fourth-order valence-electron chi connectivity index (χ4n) is 4.66. The van der Waals surface area contributed by atoms with Crippen molar-refractivity contribution < 1.29 is 37.0 Å². The molecule has 0 radical (unpaired) electrons. The minimum Gasteiger partial charge on any atom is -0.0622 e. The van der Waals surface area contributed by atoms with Gasteiger partial charge < -0.3 is 0 Å². The molecule has 8 aromatic rings. The summed E-state index contributed by atoms with van der Waals surface area (Å²) < 4.78 is 241. The minimum absolute atomic E-state index is 0.221. The van der Waals surface area contributed by atoms with Gasteiger partial charge in [0.15, 0.2) is 0 Å². The minimum atomic E-state index is -1.12. The van der Waals surface area contributed by atoms with E-state index in [2.05, 4.69) is 0 Å². The molecule has 43 heavy (non-hydrogen) atoms. The predicted octanol–water partition coefficient (Wildman–Crippen LogP) is 12.1. The summed E-state index contributed by atoms with van der Waals surface area (Å²) in [6, 6.07) is -24.6. The molecule has 0 heterocycles. The normalized spacial score (nSPS) is 20.2. The SMILES string of the molecule is [2H]c1c([2H])c([2H])c(-c2c([2H])c(-c3c([2H])c([2H])c([2H])c(C)c3[2H])c([2H])c(-c3c([2H])c([2H])c([2H])c(-c4c([2H])c([2H])c5c6c([2H])c([2H])c([2H])c([2H])c6c6c([2H])c([2H])c([2H])c([2H])c6c5c4[2H])c3[2H])c2[2H])c([2H])c1[2H]. The largest absolute Gasteiger partial charge is 0.0636 e. The maximum Gasteiger partial charge on any atom is 0.0636 e. The van der Waals surface area contributed by atoms with E-state index in [1.165, 1.54) is 6.92 Å². The highest BCUT2D eigenvalue weighted by molar-refractivity contribution is 6.25. The average molecular weight is 574 g/mol. The molecular formula is C43H30. The Bertz CT molecular complexity index is 3600. The molecule has 8 aromatic carbocycles. The fraction of sp³-hybridized carbons (Fsp3) is 0.0233. The molecule has 0 unspecified atom stereocenters. The Kier molecular flexibility index (Phi) is 2.37. The first-order valence-corrected chi connectivity index (χ1v) is 12.8. The number of hydrogen-bond acceptors (Lipinski definition) is 0. The molecule has 0 aliphatic heterocycles. The summed E-state index contributed by atoms with van der Waals surface area (Å²) in [7, 11) is 0. The summed E-state index contributed by atoms with van der Waals surface area (Å²) in [5, 5.41) is -3.20. The first kappa shape index (κ1) is 9.79. The van der Waals surface area contributed by atoms with Crippen molar-refractivity contribution in [1.29, 1.82) is 0 Å². The third-order valence-corrected chi connectivity index (χ3v) is 6.56. The van der Waals surface area contributed by atoms with Gasteiger partial charge in [0.25, 0.3) is 0 Å². The van der Waals surface area contributed by atoms with Crippen LogP contribution in [-0.2, 0) is 0 Å². The molecular weight excluding hydrogens is 516 g/mol. The average Bonchev–Trinajstić information content (AvgIpc) is 3.32. The second-order valence-electron chi connectivity index (χ2n) is 9.25. The van der Waals surface area contributed by atoms with Crippen LogP contribution in [0.5, 0.6) is 0 Å². The van der Waals surface area contributed by atoms with Crippen molar-refractivity contribution in [3.05, 3.63) is 169 Å². The summed E-state index contributed by atoms with van der Waals surface area (Å²) in [4.78, 5) is 0. The highest BCUT2D eigenvalue weighted by atomic mass is 14.2. The van der Waals surface area contributed by atoms with Crippen LogP contribution in [0.15, 0.2) is 163 Å². The highest BCUT2D eigenvalue weighted by Crippen LogP contribution is 2.38. The van der Waals surface area contributed by atoms with Gasteiger partial charge in [-0.05, 0) is 114 Å². The van der Waals surface area contributed by atoms with E-state index < -0.39 is 240 Å². The monoisotopic (exact) mass is 573 g/mol. The van der Waals surface area contributed by atoms with Gasteiger partial charge in [0.05, 0.1) is 37.0 Å². The van der Waals surface area contributed by atoms with Crippen LogP contribution in [0.2, 0.25) is 0 Å². The molecule has 0 heteroatoms. The van der Waals surface area contributed by atoms with E-state index in [1.807, 2.05) is 0 Å². The van der Waals surface area contributed by atoms with E-state index in [0.717, 1.165) is 0 Å². The Labute approximate surface area is 290 Å². The van der Waals surface area contributed by atoms with E-state index in [-0.39, 0.29) is 5.56 Å². The van der Waals surface area contributed by atoms with Gasteiger partial charge in [0, 0.05) is 0 Å². The number of benzene rings is 8. The van der Waals surface area contributed by atoms with Crippen LogP contribution >= 0.6 is 0 Å². The van der Waals surface area contributed by atoms with Gasteiger partial charge in [-0.3, -0.25) is 0 Å². The molecule has 0 aromatic heterocycles. The summed E-state index contributed by atoms with van der Waals surface area (Å²) >= 11 is 0. The van der Waals surface area contributed by atoms with Crippen molar-refractivity contribution >= 4 is 32.3 Å². The van der Waals surface area contributed by atoms with Gasteiger partial charge in [-0.15, -0.1) is 0 Å². The first-order valence-electron chi connectivity index (χ1n) is 26.2. The smallest absolute Gasteiger partial charge is 0.0622 e. The topological polar surface area (TPSA) is 0 Å². The van der Waals surface area contributed by atoms with E-state index in [9.17, 15) is 11.0 Å². The van der Waals surface area contributed by atoms with Crippen molar-refractivity contribution in [1.82, 2.24) is 0 Å². The van der Waals surface area contributed by atoms with Crippen molar-refractivity contribution in [2.45, 2.75) is 6.92 Å². The van der Waals surface area contributed by atoms with E-state index in [1.54, 1.807) is 0 Å². The maximum atomic E-state index is 9.70. The van der Waals surface area contributed by atoms with E-state index in [4.69, 9.17) is 26.0 Å². The van der Waals surface area contributed by atoms with Crippen molar-refractivity contribution in [3.8, 4) is 44.5 Å². The van der Waals surface area contributed by atoms with E-state index >= 15 is 0 Å². The third kappa shape index (κ3) is 4.58. The lowest BCUT2D eigenvalue weighted by Gasteiger charge is -2.14. The molecule has 0 amide bonds. The van der Waals surface area contributed by atoms with Crippen LogP contribution in [0.4, 0.5) is 0 Å². The molecule has 202 valence electrons. The summed E-state index contributed by atoms with van der Waals surface area (Å²) in [5.74, 6) is 0. The number of rotatable bonds is 4. The zero-order valence-electron chi connectivity index (χ0n) is 49.0. The Morgan fingerprint density at radius 2 is 0.674 bits per heavy atom. The Morgan fingerprint density at radius 1 is 0.279 bits per heavy atom. The molecule has 0 atom stereocenters. The van der Waals surface area contributed by atoms with Crippen molar-refractivity contribution in [2.75, 3.05) is 0 Å². The van der Waals surface area contributed by atoms with Gasteiger partial charge in [-0.25, -0.2) is 0 Å². The standard InChI is InChI=1S/C43H30/c1-29-11-9-14-31(23-29)36-25-35(30-12-3-2-4-13-30)26-37(27-36)33-16-10-15-32(24-33)34-21-22-42-40-19-6-5-17-38(40)39-18-7-8-20-41(39)43(42)28-34/h2-28H,1H3/i2D,3D,4D,5D,6D,7D,8D,9D,10D,11D,12D,13D,14D,15D,16D,17D,18D,19D,20D,21D,22D,23D,24D,25D,26D,27D,28D. The molecule has 0 saturated carbocycles. The van der Waals surface area contributed by atoms with Crippen LogP contribution in [0.1, 0.15) is 42.6 Å². The van der Waals surface area contributed by atoms with Gasteiger partial charge in [-0.1, -0.05) is 138 Å². The second kappa shape index (κ2) is 10.4. The molecule has 0 saturated heterocycles. The second-order valence-corrected chi connectivity index (χ2v) is 9.25. The Morgan fingerprint density at radius 3 is 1.30 bits per heavy atom. The predicted molar refractivity (Wildman–Crippen MR) is 185 cm³/mol. The zero-order chi connectivity index (χ0) is 52.2. The number of fused-ring (bicyclic) bond motifs is 6. The molecule has 8 rings (SSSR count). The maximum absolute atomic E-state index is 9.70. The summed E-state index contributed by atoms with van der Waals surface area (Å²) in [6.07, 6.45) is 0.